The van der Waals surface area contributed by atoms with E-state index in [1.165, 1.54) is 17.0 Å². The van der Waals surface area contributed by atoms with Gasteiger partial charge in [0.2, 0.25) is 11.8 Å². The number of hydrogen-bond acceptors (Lipinski definition) is 4. The molecular weight excluding hydrogens is 493 g/mol. The highest BCUT2D eigenvalue weighted by Gasteiger charge is 2.33. The van der Waals surface area contributed by atoms with Crippen molar-refractivity contribution in [3.05, 3.63) is 95.8 Å². The molecule has 0 aliphatic carbocycles. The van der Waals surface area contributed by atoms with E-state index in [0.29, 0.717) is 13.0 Å². The lowest BCUT2D eigenvalue weighted by Crippen LogP contribution is -2.52. The lowest BCUT2D eigenvalue weighted by atomic mass is 10.1. The zero-order valence-electron chi connectivity index (χ0n) is 21.2. The molecule has 196 valence electrons. The Balaban J connectivity index is 2.04. The molecule has 0 aromatic heterocycles. The van der Waals surface area contributed by atoms with Gasteiger partial charge in [0.1, 0.15) is 18.4 Å². The van der Waals surface area contributed by atoms with E-state index in [4.69, 9.17) is 0 Å². The highest BCUT2D eigenvalue weighted by molar-refractivity contribution is 7.92. The van der Waals surface area contributed by atoms with Crippen LogP contribution in [-0.4, -0.2) is 44.3 Å². The maximum Gasteiger partial charge on any atom is 0.264 e. The first-order valence-corrected chi connectivity index (χ1v) is 13.6. The summed E-state index contributed by atoms with van der Waals surface area (Å²) in [6, 6.07) is 19.4. The normalized spacial score (nSPS) is 12.0. The summed E-state index contributed by atoms with van der Waals surface area (Å²) in [5.41, 5.74) is 2.08. The second-order valence-corrected chi connectivity index (χ2v) is 10.4. The van der Waals surface area contributed by atoms with E-state index < -0.39 is 34.3 Å². The average molecular weight is 526 g/mol. The molecule has 0 aliphatic rings. The Morgan fingerprint density at radius 3 is 2.14 bits per heavy atom. The molecule has 2 amide bonds. The number of para-hydroxylation sites is 1. The Morgan fingerprint density at radius 1 is 0.919 bits per heavy atom. The first-order valence-electron chi connectivity index (χ1n) is 12.1. The molecule has 7 nitrogen and oxygen atoms in total. The second kappa shape index (κ2) is 12.5. The Bertz CT molecular complexity index is 1310. The van der Waals surface area contributed by atoms with Crippen molar-refractivity contribution in [2.45, 2.75) is 44.7 Å². The van der Waals surface area contributed by atoms with Crippen molar-refractivity contribution >= 4 is 27.5 Å². The fourth-order valence-corrected chi connectivity index (χ4v) is 5.45. The van der Waals surface area contributed by atoms with E-state index >= 15 is 0 Å². The summed E-state index contributed by atoms with van der Waals surface area (Å²) in [4.78, 5) is 28.1. The maximum absolute atomic E-state index is 13.9. The van der Waals surface area contributed by atoms with Crippen LogP contribution in [-0.2, 0) is 26.2 Å². The summed E-state index contributed by atoms with van der Waals surface area (Å²) in [6.45, 7) is 5.52. The predicted octanol–water partition coefficient (Wildman–Crippen LogP) is 4.27. The predicted molar refractivity (Wildman–Crippen MR) is 142 cm³/mol. The number of amides is 2. The molecule has 3 aromatic carbocycles. The summed E-state index contributed by atoms with van der Waals surface area (Å²) in [5, 5.41) is 2.78. The molecule has 0 radical (unpaired) electrons. The van der Waals surface area contributed by atoms with Crippen LogP contribution in [0, 0.1) is 12.7 Å². The monoisotopic (exact) mass is 525 g/mol. The minimum atomic E-state index is -4.22. The minimum Gasteiger partial charge on any atom is -0.355 e. The topological polar surface area (TPSA) is 86.8 Å². The molecule has 1 N–H and O–H groups in total. The highest BCUT2D eigenvalue weighted by Crippen LogP contribution is 2.25. The Morgan fingerprint density at radius 2 is 1.54 bits per heavy atom. The zero-order chi connectivity index (χ0) is 27.0. The first kappa shape index (κ1) is 27.9. The maximum atomic E-state index is 13.9. The Hall–Kier alpha value is -3.72. The zero-order valence-corrected chi connectivity index (χ0v) is 22.0. The van der Waals surface area contributed by atoms with Gasteiger partial charge in [-0.1, -0.05) is 49.4 Å². The number of carbonyl (C=O) groups excluding carboxylic acids is 2. The SMILES string of the molecule is CCNC(=O)[C@H](CC)N(Cc1ccccc1C)C(=O)CN(c1ccccc1)S(=O)(=O)c1ccc(F)cc1. The molecule has 0 unspecified atom stereocenters. The third kappa shape index (κ3) is 6.74. The van der Waals surface area contributed by atoms with Crippen LogP contribution in [0.5, 0.6) is 0 Å². The Kier molecular flexibility index (Phi) is 9.41. The minimum absolute atomic E-state index is 0.139. The largest absolute Gasteiger partial charge is 0.355 e. The van der Waals surface area contributed by atoms with Gasteiger partial charge < -0.3 is 10.2 Å². The van der Waals surface area contributed by atoms with E-state index in [1.54, 1.807) is 37.3 Å². The molecule has 0 fully saturated rings. The third-order valence-corrected chi connectivity index (χ3v) is 7.85. The van der Waals surface area contributed by atoms with Gasteiger partial charge in [0.25, 0.3) is 10.0 Å². The fraction of sp³-hybridized carbons (Fsp3) is 0.286. The second-order valence-electron chi connectivity index (χ2n) is 8.57. The van der Waals surface area contributed by atoms with Gasteiger partial charge in [0, 0.05) is 13.1 Å². The van der Waals surface area contributed by atoms with Crippen molar-refractivity contribution in [2.75, 3.05) is 17.4 Å². The summed E-state index contributed by atoms with van der Waals surface area (Å²) in [7, 11) is -4.22. The van der Waals surface area contributed by atoms with Gasteiger partial charge in [-0.2, -0.15) is 0 Å². The fourth-order valence-electron chi connectivity index (χ4n) is 4.04. The van der Waals surface area contributed by atoms with Crippen molar-refractivity contribution < 1.29 is 22.4 Å². The third-order valence-electron chi connectivity index (χ3n) is 6.06. The summed E-state index contributed by atoms with van der Waals surface area (Å²) in [6.07, 6.45) is 0.347. The van der Waals surface area contributed by atoms with Gasteiger partial charge in [0.15, 0.2) is 0 Å². The molecule has 0 bridgehead atoms. The molecule has 3 aromatic rings. The van der Waals surface area contributed by atoms with Crippen LogP contribution in [0.25, 0.3) is 0 Å². The molecular formula is C28H32FN3O4S. The van der Waals surface area contributed by atoms with E-state index in [2.05, 4.69) is 5.32 Å². The van der Waals surface area contributed by atoms with Crippen molar-refractivity contribution in [3.63, 3.8) is 0 Å². The summed E-state index contributed by atoms with van der Waals surface area (Å²) >= 11 is 0. The van der Waals surface area contributed by atoms with Gasteiger partial charge in [-0.05, 0) is 67.8 Å². The van der Waals surface area contributed by atoms with Crippen LogP contribution in [0.3, 0.4) is 0 Å². The first-order chi connectivity index (χ1) is 17.7. The van der Waals surface area contributed by atoms with Gasteiger partial charge >= 0.3 is 0 Å². The lowest BCUT2D eigenvalue weighted by molar-refractivity contribution is -0.140. The number of carbonyl (C=O) groups is 2. The molecule has 0 saturated heterocycles. The van der Waals surface area contributed by atoms with Crippen LogP contribution >= 0.6 is 0 Å². The number of aryl methyl sites for hydroxylation is 1. The highest BCUT2D eigenvalue weighted by atomic mass is 32.2. The average Bonchev–Trinajstić information content (AvgIpc) is 2.89. The van der Waals surface area contributed by atoms with Crippen molar-refractivity contribution in [2.24, 2.45) is 0 Å². The molecule has 3 rings (SSSR count). The van der Waals surface area contributed by atoms with Crippen LogP contribution < -0.4 is 9.62 Å². The molecule has 0 heterocycles. The van der Waals surface area contributed by atoms with Crippen molar-refractivity contribution in [1.29, 1.82) is 0 Å². The summed E-state index contributed by atoms with van der Waals surface area (Å²) in [5.74, 6) is -1.41. The Labute approximate surface area is 218 Å². The molecule has 0 aliphatic heterocycles. The quantitative estimate of drug-likeness (QED) is 0.405. The van der Waals surface area contributed by atoms with E-state index in [0.717, 1.165) is 27.6 Å². The summed E-state index contributed by atoms with van der Waals surface area (Å²) < 4.78 is 41.8. The number of nitrogens with one attached hydrogen (secondary N) is 1. The van der Waals surface area contributed by atoms with Crippen LogP contribution in [0.1, 0.15) is 31.4 Å². The smallest absolute Gasteiger partial charge is 0.264 e. The number of rotatable bonds is 11. The number of benzene rings is 3. The molecule has 37 heavy (non-hydrogen) atoms. The number of sulfonamides is 1. The number of hydrogen-bond donors (Lipinski definition) is 1. The van der Waals surface area contributed by atoms with Crippen LogP contribution in [0.15, 0.2) is 83.8 Å². The van der Waals surface area contributed by atoms with Crippen molar-refractivity contribution in [3.8, 4) is 0 Å². The molecule has 1 atom stereocenters. The van der Waals surface area contributed by atoms with E-state index in [1.807, 2.05) is 38.1 Å². The van der Waals surface area contributed by atoms with Crippen molar-refractivity contribution in [1.82, 2.24) is 10.2 Å². The van der Waals surface area contributed by atoms with E-state index in [-0.39, 0.29) is 23.0 Å². The number of nitrogens with zero attached hydrogens (tertiary/aromatic N) is 2. The number of halogens is 1. The lowest BCUT2D eigenvalue weighted by Gasteiger charge is -2.33. The molecule has 9 heteroatoms. The molecule has 0 saturated carbocycles. The van der Waals surface area contributed by atoms with Gasteiger partial charge in [-0.25, -0.2) is 12.8 Å². The van der Waals surface area contributed by atoms with Crippen LogP contribution in [0.2, 0.25) is 0 Å². The van der Waals surface area contributed by atoms with Crippen LogP contribution in [0.4, 0.5) is 10.1 Å². The van der Waals surface area contributed by atoms with Gasteiger partial charge in [0.05, 0.1) is 10.6 Å². The van der Waals surface area contributed by atoms with Gasteiger partial charge in [-0.3, -0.25) is 13.9 Å². The number of anilines is 1. The number of likely N-dealkylation sites (N-methyl/N-ethyl adjacent to an activating group) is 1. The van der Waals surface area contributed by atoms with Gasteiger partial charge in [-0.15, -0.1) is 0 Å². The molecule has 0 spiro atoms. The van der Waals surface area contributed by atoms with E-state index in [9.17, 15) is 22.4 Å². The standard InChI is InChI=1S/C28H32FN3O4S/c1-4-26(28(34)30-5-2)31(19-22-12-10-9-11-21(22)3)27(33)20-32(24-13-7-6-8-14-24)37(35,36)25-17-15-23(29)16-18-25/h6-18,26H,4-5,19-20H2,1-3H3,(H,30,34)/t26-/m0/s1.